The van der Waals surface area contributed by atoms with Crippen LogP contribution in [0.2, 0.25) is 0 Å². The Morgan fingerprint density at radius 3 is 2.73 bits per heavy atom. The summed E-state index contributed by atoms with van der Waals surface area (Å²) >= 11 is 5.51. The number of carbonyl (C=O) groups excluding carboxylic acids is 1. The minimum Gasteiger partial charge on any atom is -0.481 e. The van der Waals surface area contributed by atoms with Crippen molar-refractivity contribution in [3.63, 3.8) is 0 Å². The van der Waals surface area contributed by atoms with Crippen molar-refractivity contribution >= 4 is 17.9 Å². The van der Waals surface area contributed by atoms with E-state index in [0.717, 1.165) is 6.07 Å². The third kappa shape index (κ3) is 2.41. The van der Waals surface area contributed by atoms with E-state index >= 15 is 0 Å². The lowest BCUT2D eigenvalue weighted by Gasteiger charge is -2.09. The largest absolute Gasteiger partial charge is 0.481 e. The summed E-state index contributed by atoms with van der Waals surface area (Å²) in [5.41, 5.74) is -0.123. The zero-order valence-electron chi connectivity index (χ0n) is 7.84. The van der Waals surface area contributed by atoms with Crippen LogP contribution in [0.3, 0.4) is 0 Å². The van der Waals surface area contributed by atoms with E-state index in [1.165, 1.54) is 7.11 Å². The number of methoxy groups -OCH3 is 1. The van der Waals surface area contributed by atoms with Gasteiger partial charge in [0.1, 0.15) is 0 Å². The van der Waals surface area contributed by atoms with Gasteiger partial charge in [-0.05, 0) is 6.07 Å². The van der Waals surface area contributed by atoms with Crippen molar-refractivity contribution in [1.29, 1.82) is 0 Å². The van der Waals surface area contributed by atoms with Gasteiger partial charge < -0.3 is 4.74 Å². The van der Waals surface area contributed by atoms with Gasteiger partial charge in [0.05, 0.1) is 24.2 Å². The topological polar surface area (TPSA) is 39.2 Å². The molecule has 15 heavy (non-hydrogen) atoms. The maximum Gasteiger partial charge on any atom is 0.269 e. The number of aldehydes is 1. The van der Waals surface area contributed by atoms with Crippen LogP contribution in [0, 0.1) is 0 Å². The Balaban J connectivity index is 3.33. The fraction of sp³-hybridized carbons (Fsp3) is 0.333. The third-order valence-corrected chi connectivity index (χ3v) is 2.06. The summed E-state index contributed by atoms with van der Waals surface area (Å²) in [6.45, 7) is 0. The molecule has 6 heteroatoms. The number of halogens is 3. The molecule has 82 valence electrons. The van der Waals surface area contributed by atoms with Gasteiger partial charge in [-0.15, -0.1) is 11.6 Å². The highest BCUT2D eigenvalue weighted by Gasteiger charge is 2.18. The van der Waals surface area contributed by atoms with E-state index in [4.69, 9.17) is 11.6 Å². The van der Waals surface area contributed by atoms with Gasteiger partial charge in [-0.3, -0.25) is 4.79 Å². The number of carbonyl (C=O) groups is 1. The van der Waals surface area contributed by atoms with Gasteiger partial charge >= 0.3 is 0 Å². The molecule has 0 bridgehead atoms. The highest BCUT2D eigenvalue weighted by molar-refractivity contribution is 6.17. The molecular formula is C9H8ClF2NO2. The number of alkyl halides is 3. The van der Waals surface area contributed by atoms with Gasteiger partial charge in [-0.25, -0.2) is 13.8 Å². The lowest BCUT2D eigenvalue weighted by atomic mass is 10.1. The second-order valence-corrected chi connectivity index (χ2v) is 2.94. The van der Waals surface area contributed by atoms with Gasteiger partial charge in [0.15, 0.2) is 6.29 Å². The van der Waals surface area contributed by atoms with Crippen molar-refractivity contribution in [3.05, 3.63) is 22.9 Å². The molecule has 0 saturated heterocycles. The summed E-state index contributed by atoms with van der Waals surface area (Å²) in [7, 11) is 1.23. The summed E-state index contributed by atoms with van der Waals surface area (Å²) < 4.78 is 29.7. The fourth-order valence-electron chi connectivity index (χ4n) is 1.09. The predicted octanol–water partition coefficient (Wildman–Crippen LogP) is 2.58. The summed E-state index contributed by atoms with van der Waals surface area (Å²) in [5.74, 6) is -0.236. The molecule has 0 unspecified atom stereocenters. The van der Waals surface area contributed by atoms with Crippen LogP contribution in [0.25, 0.3) is 0 Å². The number of hydrogen-bond donors (Lipinski definition) is 0. The molecule has 0 N–H and O–H groups in total. The number of hydrogen-bond acceptors (Lipinski definition) is 3. The number of pyridine rings is 1. The van der Waals surface area contributed by atoms with Crippen LogP contribution in [-0.4, -0.2) is 18.4 Å². The smallest absolute Gasteiger partial charge is 0.269 e. The molecule has 0 atom stereocenters. The van der Waals surface area contributed by atoms with Crippen molar-refractivity contribution in [3.8, 4) is 5.88 Å². The molecule has 0 aliphatic rings. The van der Waals surface area contributed by atoms with Crippen LogP contribution in [0.1, 0.15) is 28.0 Å². The van der Waals surface area contributed by atoms with Crippen molar-refractivity contribution in [2.75, 3.05) is 7.11 Å². The molecule has 0 aliphatic carbocycles. The average Bonchev–Trinajstić information content (AvgIpc) is 2.26. The summed E-state index contributed by atoms with van der Waals surface area (Å²) in [4.78, 5) is 14.3. The molecule has 0 fully saturated rings. The Hall–Kier alpha value is -1.23. The first-order valence-corrected chi connectivity index (χ1v) is 4.54. The Bertz CT molecular complexity index is 371. The summed E-state index contributed by atoms with van der Waals surface area (Å²) in [6, 6.07) is 1.04. The maximum absolute atomic E-state index is 12.5. The van der Waals surface area contributed by atoms with E-state index in [1.54, 1.807) is 0 Å². The molecule has 0 radical (unpaired) electrons. The van der Waals surface area contributed by atoms with Crippen LogP contribution in [-0.2, 0) is 5.88 Å². The van der Waals surface area contributed by atoms with Crippen LogP contribution >= 0.6 is 11.6 Å². The number of aromatic nitrogens is 1. The van der Waals surface area contributed by atoms with Gasteiger partial charge in [-0.2, -0.15) is 0 Å². The lowest BCUT2D eigenvalue weighted by molar-refractivity contribution is 0.112. The molecule has 3 nitrogen and oxygen atoms in total. The SMILES string of the molecule is COc1nc(CCl)c(C=O)cc1C(F)F. The first-order chi connectivity index (χ1) is 7.13. The Kier molecular flexibility index (Phi) is 3.96. The average molecular weight is 236 g/mol. The molecular weight excluding hydrogens is 228 g/mol. The van der Waals surface area contributed by atoms with Gasteiger partial charge in [0, 0.05) is 5.56 Å². The monoisotopic (exact) mass is 235 g/mol. The molecule has 1 heterocycles. The van der Waals surface area contributed by atoms with Crippen molar-refractivity contribution in [2.24, 2.45) is 0 Å². The number of ether oxygens (including phenoxy) is 1. The van der Waals surface area contributed by atoms with Crippen molar-refractivity contribution < 1.29 is 18.3 Å². The number of rotatable bonds is 4. The maximum atomic E-state index is 12.5. The second-order valence-electron chi connectivity index (χ2n) is 2.67. The Morgan fingerprint density at radius 2 is 2.33 bits per heavy atom. The molecule has 0 spiro atoms. The minimum absolute atomic E-state index is 0.0338. The molecule has 0 amide bonds. The van der Waals surface area contributed by atoms with Gasteiger partial charge in [-0.1, -0.05) is 0 Å². The lowest BCUT2D eigenvalue weighted by Crippen LogP contribution is -2.02. The van der Waals surface area contributed by atoms with E-state index in [0.29, 0.717) is 6.29 Å². The van der Waals surface area contributed by atoms with Crippen LogP contribution in [0.5, 0.6) is 5.88 Å². The predicted molar refractivity (Wildman–Crippen MR) is 50.7 cm³/mol. The Morgan fingerprint density at radius 1 is 1.67 bits per heavy atom. The van der Waals surface area contributed by atoms with E-state index in [-0.39, 0.29) is 23.0 Å². The van der Waals surface area contributed by atoms with Crippen LogP contribution in [0.4, 0.5) is 8.78 Å². The summed E-state index contributed by atoms with van der Waals surface area (Å²) in [5, 5.41) is 0. The second kappa shape index (κ2) is 5.02. The quantitative estimate of drug-likeness (QED) is 0.595. The minimum atomic E-state index is -2.74. The molecule has 1 aromatic rings. The molecule has 0 saturated carbocycles. The normalized spacial score (nSPS) is 10.5. The Labute approximate surface area is 90.0 Å². The number of nitrogens with zero attached hydrogens (tertiary/aromatic N) is 1. The van der Waals surface area contributed by atoms with Crippen molar-refractivity contribution in [1.82, 2.24) is 4.98 Å². The fourth-order valence-corrected chi connectivity index (χ4v) is 1.31. The van der Waals surface area contributed by atoms with Crippen molar-refractivity contribution in [2.45, 2.75) is 12.3 Å². The first kappa shape index (κ1) is 11.8. The highest BCUT2D eigenvalue weighted by atomic mass is 35.5. The molecule has 1 rings (SSSR count). The third-order valence-electron chi connectivity index (χ3n) is 1.81. The van der Waals surface area contributed by atoms with E-state index < -0.39 is 12.0 Å². The zero-order valence-corrected chi connectivity index (χ0v) is 8.59. The van der Waals surface area contributed by atoms with Gasteiger partial charge in [0.2, 0.25) is 5.88 Å². The van der Waals surface area contributed by atoms with E-state index in [2.05, 4.69) is 9.72 Å². The van der Waals surface area contributed by atoms with Gasteiger partial charge in [0.25, 0.3) is 6.43 Å². The molecule has 0 aliphatic heterocycles. The zero-order chi connectivity index (χ0) is 11.4. The summed E-state index contributed by atoms with van der Waals surface area (Å²) in [6.07, 6.45) is -2.30. The van der Waals surface area contributed by atoms with E-state index in [9.17, 15) is 13.6 Å². The highest BCUT2D eigenvalue weighted by Crippen LogP contribution is 2.29. The first-order valence-electron chi connectivity index (χ1n) is 4.01. The van der Waals surface area contributed by atoms with Crippen LogP contribution < -0.4 is 4.74 Å². The standard InChI is InChI=1S/C9H8ClF2NO2/c1-15-9-6(8(11)12)2-5(4-14)7(3-10)13-9/h2,4,8H,3H2,1H3. The van der Waals surface area contributed by atoms with Crippen LogP contribution in [0.15, 0.2) is 6.07 Å². The molecule has 1 aromatic heterocycles. The molecule has 0 aromatic carbocycles. The van der Waals surface area contributed by atoms with E-state index in [1.807, 2.05) is 0 Å².